The molecule has 5 heteroatoms. The smallest absolute Gasteiger partial charge is 0.328 e. The van der Waals surface area contributed by atoms with Crippen molar-refractivity contribution >= 4 is 17.6 Å². The number of nitrogen functional groups attached to an aromatic ring is 1. The lowest BCUT2D eigenvalue weighted by Crippen LogP contribution is -2.41. The SMILES string of the molecule is CCCC[C@@H](NC(=O)c1ccc(N)cc1-c1ccccc1)C(=O)OC. The van der Waals surface area contributed by atoms with Crippen molar-refractivity contribution in [2.24, 2.45) is 0 Å². The van der Waals surface area contributed by atoms with Crippen LogP contribution in [0.25, 0.3) is 11.1 Å². The lowest BCUT2D eigenvalue weighted by Gasteiger charge is -2.18. The van der Waals surface area contributed by atoms with Crippen LogP contribution in [0.1, 0.15) is 36.5 Å². The molecular weight excluding hydrogens is 316 g/mol. The number of benzene rings is 2. The van der Waals surface area contributed by atoms with E-state index in [0.717, 1.165) is 24.0 Å². The van der Waals surface area contributed by atoms with Crippen LogP contribution in [0, 0.1) is 0 Å². The van der Waals surface area contributed by atoms with Gasteiger partial charge in [0, 0.05) is 11.3 Å². The van der Waals surface area contributed by atoms with Gasteiger partial charge in [-0.1, -0.05) is 50.1 Å². The standard InChI is InChI=1S/C20H24N2O3/c1-3-4-10-18(20(24)25-2)22-19(23)16-12-11-15(21)13-17(16)14-8-6-5-7-9-14/h5-9,11-13,18H,3-4,10,21H2,1-2H3,(H,22,23)/t18-/m1/s1. The summed E-state index contributed by atoms with van der Waals surface area (Å²) in [7, 11) is 1.33. The number of carbonyl (C=O) groups is 2. The Morgan fingerprint density at radius 1 is 1.16 bits per heavy atom. The Morgan fingerprint density at radius 2 is 1.88 bits per heavy atom. The molecule has 0 bridgehead atoms. The summed E-state index contributed by atoms with van der Waals surface area (Å²) in [5.41, 5.74) is 8.57. The summed E-state index contributed by atoms with van der Waals surface area (Å²) in [4.78, 5) is 24.7. The van der Waals surface area contributed by atoms with E-state index in [1.807, 2.05) is 37.3 Å². The average Bonchev–Trinajstić information content (AvgIpc) is 2.64. The van der Waals surface area contributed by atoms with Gasteiger partial charge in [-0.05, 0) is 35.7 Å². The van der Waals surface area contributed by atoms with Gasteiger partial charge in [-0.25, -0.2) is 4.79 Å². The molecule has 2 aromatic carbocycles. The number of nitrogens with two attached hydrogens (primary N) is 1. The van der Waals surface area contributed by atoms with Crippen molar-refractivity contribution in [1.29, 1.82) is 0 Å². The first-order valence-corrected chi connectivity index (χ1v) is 8.40. The summed E-state index contributed by atoms with van der Waals surface area (Å²) in [6, 6.07) is 14.0. The third-order valence-corrected chi connectivity index (χ3v) is 4.01. The van der Waals surface area contributed by atoms with Crippen LogP contribution in [0.5, 0.6) is 0 Å². The van der Waals surface area contributed by atoms with Crippen molar-refractivity contribution in [3.63, 3.8) is 0 Å². The number of unbranched alkanes of at least 4 members (excludes halogenated alkanes) is 1. The van der Waals surface area contributed by atoms with E-state index < -0.39 is 12.0 Å². The second kappa shape index (κ2) is 8.87. The van der Waals surface area contributed by atoms with Gasteiger partial charge in [-0.15, -0.1) is 0 Å². The van der Waals surface area contributed by atoms with E-state index in [1.165, 1.54) is 7.11 Å². The summed E-state index contributed by atoms with van der Waals surface area (Å²) in [5, 5.41) is 2.79. The van der Waals surface area contributed by atoms with Crippen LogP contribution < -0.4 is 11.1 Å². The van der Waals surface area contributed by atoms with E-state index in [2.05, 4.69) is 5.32 Å². The van der Waals surface area contributed by atoms with Crippen molar-refractivity contribution in [2.45, 2.75) is 32.2 Å². The molecule has 2 aromatic rings. The molecule has 2 rings (SSSR count). The maximum absolute atomic E-state index is 12.8. The van der Waals surface area contributed by atoms with E-state index in [1.54, 1.807) is 18.2 Å². The third-order valence-electron chi connectivity index (χ3n) is 4.01. The maximum atomic E-state index is 12.8. The molecule has 0 saturated heterocycles. The maximum Gasteiger partial charge on any atom is 0.328 e. The van der Waals surface area contributed by atoms with Crippen molar-refractivity contribution in [3.05, 3.63) is 54.1 Å². The number of anilines is 1. The second-order valence-electron chi connectivity index (χ2n) is 5.86. The Hall–Kier alpha value is -2.82. The first kappa shape index (κ1) is 18.5. The van der Waals surface area contributed by atoms with Crippen LogP contribution in [0.15, 0.2) is 48.5 Å². The zero-order valence-corrected chi connectivity index (χ0v) is 14.6. The summed E-state index contributed by atoms with van der Waals surface area (Å²) in [6.45, 7) is 2.03. The lowest BCUT2D eigenvalue weighted by atomic mass is 9.98. The van der Waals surface area contributed by atoms with Crippen molar-refractivity contribution in [3.8, 4) is 11.1 Å². The van der Waals surface area contributed by atoms with Crippen LogP contribution in [0.4, 0.5) is 5.69 Å². The average molecular weight is 340 g/mol. The van der Waals surface area contributed by atoms with Gasteiger partial charge in [0.05, 0.1) is 7.11 Å². The molecule has 1 amide bonds. The number of amides is 1. The molecule has 3 N–H and O–H groups in total. The minimum absolute atomic E-state index is 0.314. The van der Waals surface area contributed by atoms with Gasteiger partial charge in [-0.3, -0.25) is 4.79 Å². The van der Waals surface area contributed by atoms with Gasteiger partial charge in [-0.2, -0.15) is 0 Å². The molecule has 0 heterocycles. The number of esters is 1. The molecule has 5 nitrogen and oxygen atoms in total. The fourth-order valence-corrected chi connectivity index (χ4v) is 2.65. The van der Waals surface area contributed by atoms with Crippen molar-refractivity contribution in [1.82, 2.24) is 5.32 Å². The molecule has 0 radical (unpaired) electrons. The molecule has 132 valence electrons. The normalized spacial score (nSPS) is 11.6. The molecule has 25 heavy (non-hydrogen) atoms. The molecule has 0 unspecified atom stereocenters. The Bertz CT molecular complexity index is 729. The largest absolute Gasteiger partial charge is 0.467 e. The summed E-state index contributed by atoms with van der Waals surface area (Å²) in [5.74, 6) is -0.746. The predicted molar refractivity (Wildman–Crippen MR) is 99.1 cm³/mol. The van der Waals surface area contributed by atoms with Gasteiger partial charge in [0.15, 0.2) is 0 Å². The number of carbonyl (C=O) groups excluding carboxylic acids is 2. The Balaban J connectivity index is 2.30. The number of ether oxygens (including phenoxy) is 1. The quantitative estimate of drug-likeness (QED) is 0.598. The monoisotopic (exact) mass is 340 g/mol. The number of methoxy groups -OCH3 is 1. The highest BCUT2D eigenvalue weighted by molar-refractivity contribution is 6.03. The Morgan fingerprint density at radius 3 is 2.52 bits per heavy atom. The zero-order valence-electron chi connectivity index (χ0n) is 14.6. The molecule has 0 fully saturated rings. The second-order valence-corrected chi connectivity index (χ2v) is 5.86. The fourth-order valence-electron chi connectivity index (χ4n) is 2.65. The molecule has 0 aliphatic carbocycles. The van der Waals surface area contributed by atoms with E-state index >= 15 is 0 Å². The highest BCUT2D eigenvalue weighted by atomic mass is 16.5. The lowest BCUT2D eigenvalue weighted by molar-refractivity contribution is -0.143. The number of hydrogen-bond acceptors (Lipinski definition) is 4. The fraction of sp³-hybridized carbons (Fsp3) is 0.300. The first-order chi connectivity index (χ1) is 12.1. The number of hydrogen-bond donors (Lipinski definition) is 2. The minimum Gasteiger partial charge on any atom is -0.467 e. The van der Waals surface area contributed by atoms with Gasteiger partial charge < -0.3 is 15.8 Å². The summed E-state index contributed by atoms with van der Waals surface area (Å²) < 4.78 is 4.81. The topological polar surface area (TPSA) is 81.4 Å². The molecule has 0 aliphatic rings. The van der Waals surface area contributed by atoms with Gasteiger partial charge in [0.2, 0.25) is 0 Å². The van der Waals surface area contributed by atoms with Crippen molar-refractivity contribution < 1.29 is 14.3 Å². The zero-order chi connectivity index (χ0) is 18.2. The van der Waals surface area contributed by atoms with Crippen LogP contribution in [0.3, 0.4) is 0 Å². The van der Waals surface area contributed by atoms with Crippen molar-refractivity contribution in [2.75, 3.05) is 12.8 Å². The Kier molecular flexibility index (Phi) is 6.57. The number of nitrogens with one attached hydrogen (secondary N) is 1. The highest BCUT2D eigenvalue weighted by Crippen LogP contribution is 2.26. The van der Waals surface area contributed by atoms with Crippen LogP contribution in [0.2, 0.25) is 0 Å². The summed E-state index contributed by atoms with van der Waals surface area (Å²) in [6.07, 6.45) is 2.30. The Labute approximate surface area is 148 Å². The van der Waals surface area contributed by atoms with Crippen LogP contribution in [-0.2, 0) is 9.53 Å². The van der Waals surface area contributed by atoms with Gasteiger partial charge in [0.25, 0.3) is 5.91 Å². The highest BCUT2D eigenvalue weighted by Gasteiger charge is 2.23. The van der Waals surface area contributed by atoms with E-state index in [4.69, 9.17) is 10.5 Å². The predicted octanol–water partition coefficient (Wildman–Crippen LogP) is 3.40. The molecule has 1 atom stereocenters. The molecule has 0 aliphatic heterocycles. The van der Waals surface area contributed by atoms with Crippen LogP contribution in [-0.4, -0.2) is 25.0 Å². The minimum atomic E-state index is -0.654. The van der Waals surface area contributed by atoms with E-state index in [0.29, 0.717) is 17.7 Å². The van der Waals surface area contributed by atoms with E-state index in [-0.39, 0.29) is 5.91 Å². The summed E-state index contributed by atoms with van der Waals surface area (Å²) >= 11 is 0. The van der Waals surface area contributed by atoms with E-state index in [9.17, 15) is 9.59 Å². The van der Waals surface area contributed by atoms with Gasteiger partial charge >= 0.3 is 5.97 Å². The van der Waals surface area contributed by atoms with Crippen LogP contribution >= 0.6 is 0 Å². The molecule has 0 spiro atoms. The van der Waals surface area contributed by atoms with Gasteiger partial charge in [0.1, 0.15) is 6.04 Å². The third kappa shape index (κ3) is 4.83. The molecule has 0 aromatic heterocycles. The first-order valence-electron chi connectivity index (χ1n) is 8.40. The molecule has 0 saturated carbocycles. The molecular formula is C20H24N2O3. The number of rotatable bonds is 7.